The molecule has 0 saturated heterocycles. The molecule has 1 aliphatic rings. The molecule has 0 bridgehead atoms. The second kappa shape index (κ2) is 5.74. The monoisotopic (exact) mass is 260 g/mol. The molecule has 2 atom stereocenters. The van der Waals surface area contributed by atoms with Gasteiger partial charge in [-0.1, -0.05) is 36.8 Å². The van der Waals surface area contributed by atoms with E-state index in [1.54, 1.807) is 0 Å². The van der Waals surface area contributed by atoms with Gasteiger partial charge >= 0.3 is 0 Å². The Morgan fingerprint density at radius 2 is 2.00 bits per heavy atom. The highest BCUT2D eigenvalue weighted by Gasteiger charge is 2.34. The molecule has 2 rings (SSSR count). The number of hydrogen-bond acceptors (Lipinski definition) is 2. The molecule has 1 saturated carbocycles. The van der Waals surface area contributed by atoms with Gasteiger partial charge in [0.1, 0.15) is 0 Å². The summed E-state index contributed by atoms with van der Waals surface area (Å²) in [6.07, 6.45) is 3.35. The first kappa shape index (κ1) is 14.1. The van der Waals surface area contributed by atoms with E-state index >= 15 is 0 Å². The summed E-state index contributed by atoms with van der Waals surface area (Å²) in [7, 11) is 0. The summed E-state index contributed by atoms with van der Waals surface area (Å²) in [6.45, 7) is 4.62. The van der Waals surface area contributed by atoms with Crippen LogP contribution in [0.5, 0.6) is 0 Å². The number of hydrogen-bond donors (Lipinski definition) is 2. The first-order chi connectivity index (χ1) is 9.05. The van der Waals surface area contributed by atoms with Crippen LogP contribution in [-0.2, 0) is 10.2 Å². The Balaban J connectivity index is 2.07. The summed E-state index contributed by atoms with van der Waals surface area (Å²) in [6, 6.07) is 10.2. The quantitative estimate of drug-likeness (QED) is 0.872. The highest BCUT2D eigenvalue weighted by atomic mass is 16.2. The third-order valence-corrected chi connectivity index (χ3v) is 4.34. The van der Waals surface area contributed by atoms with Crippen molar-refractivity contribution in [2.75, 3.05) is 6.54 Å². The van der Waals surface area contributed by atoms with Crippen LogP contribution in [0.1, 0.15) is 38.7 Å². The minimum Gasteiger partial charge on any atom is -0.352 e. The number of amides is 1. The Labute approximate surface area is 115 Å². The fourth-order valence-corrected chi connectivity index (χ4v) is 2.84. The highest BCUT2D eigenvalue weighted by Crippen LogP contribution is 2.28. The van der Waals surface area contributed by atoms with Crippen LogP contribution in [0.3, 0.4) is 0 Å². The van der Waals surface area contributed by atoms with Crippen LogP contribution in [0.15, 0.2) is 30.3 Å². The molecule has 1 aromatic rings. The van der Waals surface area contributed by atoms with Gasteiger partial charge in [-0.15, -0.1) is 0 Å². The number of nitrogens with two attached hydrogens (primary N) is 1. The largest absolute Gasteiger partial charge is 0.352 e. The van der Waals surface area contributed by atoms with Crippen LogP contribution < -0.4 is 11.1 Å². The summed E-state index contributed by atoms with van der Waals surface area (Å²) in [4.78, 5) is 12.5. The van der Waals surface area contributed by atoms with E-state index in [9.17, 15) is 4.79 Å². The van der Waals surface area contributed by atoms with Crippen LogP contribution >= 0.6 is 0 Å². The molecule has 0 aromatic heterocycles. The van der Waals surface area contributed by atoms with Crippen molar-refractivity contribution in [1.29, 1.82) is 0 Å². The van der Waals surface area contributed by atoms with E-state index in [1.807, 2.05) is 44.2 Å². The van der Waals surface area contributed by atoms with E-state index < -0.39 is 5.41 Å². The van der Waals surface area contributed by atoms with Crippen molar-refractivity contribution in [1.82, 2.24) is 5.32 Å². The van der Waals surface area contributed by atoms with Crippen molar-refractivity contribution in [2.24, 2.45) is 11.7 Å². The number of carbonyl (C=O) groups excluding carboxylic acids is 1. The average Bonchev–Trinajstić information content (AvgIpc) is 2.87. The lowest BCUT2D eigenvalue weighted by molar-refractivity contribution is -0.126. The Hall–Kier alpha value is -1.35. The summed E-state index contributed by atoms with van der Waals surface area (Å²) in [5.41, 5.74) is 6.32. The minimum atomic E-state index is -0.497. The molecule has 1 aliphatic carbocycles. The van der Waals surface area contributed by atoms with Crippen LogP contribution in [-0.4, -0.2) is 18.5 Å². The second-order valence-electron chi connectivity index (χ2n) is 6.00. The lowest BCUT2D eigenvalue weighted by Crippen LogP contribution is -2.47. The van der Waals surface area contributed by atoms with Crippen molar-refractivity contribution < 1.29 is 4.79 Å². The zero-order chi connectivity index (χ0) is 13.9. The maximum atomic E-state index is 12.5. The molecule has 3 nitrogen and oxygen atoms in total. The lowest BCUT2D eigenvalue weighted by Gasteiger charge is -2.28. The molecule has 3 N–H and O–H groups in total. The zero-order valence-electron chi connectivity index (χ0n) is 11.9. The summed E-state index contributed by atoms with van der Waals surface area (Å²) in [5.74, 6) is 0.541. The van der Waals surface area contributed by atoms with E-state index in [4.69, 9.17) is 5.73 Å². The predicted octanol–water partition coefficient (Wildman–Crippen LogP) is 2.21. The molecule has 0 radical (unpaired) electrons. The fourth-order valence-electron chi connectivity index (χ4n) is 2.84. The maximum Gasteiger partial charge on any atom is 0.230 e. The topological polar surface area (TPSA) is 55.1 Å². The molecule has 2 unspecified atom stereocenters. The molecule has 19 heavy (non-hydrogen) atoms. The molecule has 1 amide bonds. The smallest absolute Gasteiger partial charge is 0.230 e. The highest BCUT2D eigenvalue weighted by molar-refractivity contribution is 5.87. The average molecular weight is 260 g/mol. The number of carbonyl (C=O) groups is 1. The van der Waals surface area contributed by atoms with Gasteiger partial charge in [-0.25, -0.2) is 0 Å². The van der Waals surface area contributed by atoms with Crippen molar-refractivity contribution in [3.8, 4) is 0 Å². The van der Waals surface area contributed by atoms with Gasteiger partial charge in [-0.2, -0.15) is 0 Å². The Morgan fingerprint density at radius 3 is 2.63 bits per heavy atom. The van der Waals surface area contributed by atoms with Crippen LogP contribution in [0.2, 0.25) is 0 Å². The summed E-state index contributed by atoms with van der Waals surface area (Å²) >= 11 is 0. The number of rotatable bonds is 4. The molecule has 104 valence electrons. The molecule has 3 heteroatoms. The maximum absolute atomic E-state index is 12.5. The predicted molar refractivity (Wildman–Crippen MR) is 77.8 cm³/mol. The number of nitrogens with one attached hydrogen (secondary N) is 1. The standard InChI is InChI=1S/C16H24N2O/c1-16(2,13-8-4-3-5-9-13)15(19)18-14-10-6-7-12(14)11-17/h3-5,8-9,12,14H,6-7,10-11,17H2,1-2H3,(H,18,19). The third-order valence-electron chi connectivity index (χ3n) is 4.34. The van der Waals surface area contributed by atoms with Gasteiger partial charge in [0, 0.05) is 6.04 Å². The summed E-state index contributed by atoms with van der Waals surface area (Å²) in [5, 5.41) is 3.20. The van der Waals surface area contributed by atoms with Crippen LogP contribution in [0.4, 0.5) is 0 Å². The molecular weight excluding hydrogens is 236 g/mol. The zero-order valence-corrected chi connectivity index (χ0v) is 11.9. The number of benzene rings is 1. The van der Waals surface area contributed by atoms with Crippen molar-refractivity contribution in [3.05, 3.63) is 35.9 Å². The van der Waals surface area contributed by atoms with E-state index in [2.05, 4.69) is 5.32 Å². The van der Waals surface area contributed by atoms with Crippen LogP contribution in [0.25, 0.3) is 0 Å². The van der Waals surface area contributed by atoms with E-state index in [-0.39, 0.29) is 11.9 Å². The Bertz CT molecular complexity index is 428. The van der Waals surface area contributed by atoms with Gasteiger partial charge in [0.25, 0.3) is 0 Å². The molecular formula is C16H24N2O. The lowest BCUT2D eigenvalue weighted by atomic mass is 9.83. The molecule has 1 aromatic carbocycles. The van der Waals surface area contributed by atoms with E-state index in [0.29, 0.717) is 12.5 Å². The van der Waals surface area contributed by atoms with Crippen molar-refractivity contribution in [3.63, 3.8) is 0 Å². The molecule has 0 spiro atoms. The SMILES string of the molecule is CC(C)(C(=O)NC1CCCC1CN)c1ccccc1. The second-order valence-corrected chi connectivity index (χ2v) is 6.00. The first-order valence-electron chi connectivity index (χ1n) is 7.12. The van der Waals surface area contributed by atoms with E-state index in [1.165, 1.54) is 6.42 Å². The van der Waals surface area contributed by atoms with Gasteiger partial charge in [-0.3, -0.25) is 4.79 Å². The Morgan fingerprint density at radius 1 is 1.32 bits per heavy atom. The van der Waals surface area contributed by atoms with E-state index in [0.717, 1.165) is 18.4 Å². The van der Waals surface area contributed by atoms with Crippen LogP contribution in [0, 0.1) is 5.92 Å². The Kier molecular flexibility index (Phi) is 4.25. The van der Waals surface area contributed by atoms with Gasteiger partial charge in [0.05, 0.1) is 5.41 Å². The van der Waals surface area contributed by atoms with Gasteiger partial charge in [0.2, 0.25) is 5.91 Å². The normalized spacial score (nSPS) is 23.3. The molecule has 1 fully saturated rings. The summed E-state index contributed by atoms with van der Waals surface area (Å²) < 4.78 is 0. The molecule has 0 aliphatic heterocycles. The first-order valence-corrected chi connectivity index (χ1v) is 7.12. The van der Waals surface area contributed by atoms with Crippen molar-refractivity contribution >= 4 is 5.91 Å². The fraction of sp³-hybridized carbons (Fsp3) is 0.562. The molecule has 0 heterocycles. The van der Waals surface area contributed by atoms with Crippen molar-refractivity contribution in [2.45, 2.75) is 44.6 Å². The van der Waals surface area contributed by atoms with Gasteiger partial charge in [0.15, 0.2) is 0 Å². The minimum absolute atomic E-state index is 0.101. The van der Waals surface area contributed by atoms with Gasteiger partial charge in [-0.05, 0) is 44.7 Å². The third kappa shape index (κ3) is 2.98. The van der Waals surface area contributed by atoms with Gasteiger partial charge < -0.3 is 11.1 Å².